The molecular formula is C32H29FN6O3S. The van der Waals surface area contributed by atoms with Crippen LogP contribution in [0.25, 0.3) is 55.7 Å². The first kappa shape index (κ1) is 28.2. The van der Waals surface area contributed by atoms with Crippen LogP contribution in [-0.4, -0.2) is 51.5 Å². The Morgan fingerprint density at radius 3 is 2.63 bits per heavy atom. The number of aryl methyl sites for hydroxylation is 1. The topological polar surface area (TPSA) is 133 Å². The van der Waals surface area contributed by atoms with Gasteiger partial charge in [0.25, 0.3) is 0 Å². The summed E-state index contributed by atoms with van der Waals surface area (Å²) < 4.78 is 38.0. The summed E-state index contributed by atoms with van der Waals surface area (Å²) in [4.78, 5) is 24.8. The van der Waals surface area contributed by atoms with Crippen LogP contribution in [0.5, 0.6) is 0 Å². The number of nitrogens with zero attached hydrogens (tertiary/aromatic N) is 3. The van der Waals surface area contributed by atoms with Crippen LogP contribution in [0.3, 0.4) is 0 Å². The Morgan fingerprint density at radius 1 is 1.00 bits per heavy atom. The summed E-state index contributed by atoms with van der Waals surface area (Å²) in [5.41, 5.74) is 7.65. The highest BCUT2D eigenvalue weighted by atomic mass is 32.2. The Balaban J connectivity index is 1.38. The van der Waals surface area contributed by atoms with E-state index >= 15 is 0 Å². The first-order valence-electron chi connectivity index (χ1n) is 13.7. The molecule has 43 heavy (non-hydrogen) atoms. The molecule has 9 nitrogen and oxygen atoms in total. The molecular weight excluding hydrogens is 567 g/mol. The van der Waals surface area contributed by atoms with Gasteiger partial charge in [0.15, 0.2) is 0 Å². The zero-order valence-electron chi connectivity index (χ0n) is 23.8. The summed E-state index contributed by atoms with van der Waals surface area (Å²) in [6, 6.07) is 17.9. The number of amides is 1. The van der Waals surface area contributed by atoms with Gasteiger partial charge in [0, 0.05) is 34.8 Å². The SMILES string of the molecule is CC(C)C(=O)Nc1cncc(-c2ccc3[nH]nc(-c4cc5c(-c6cc(F)cc(CCS(C)(=O)=O)c6)cccc5[nH]4)c3n2)c1. The maximum Gasteiger partial charge on any atom is 0.226 e. The Kier molecular flexibility index (Phi) is 7.26. The number of hydrogen-bond acceptors (Lipinski definition) is 6. The van der Waals surface area contributed by atoms with Gasteiger partial charge in [-0.05, 0) is 65.6 Å². The summed E-state index contributed by atoms with van der Waals surface area (Å²) in [6.07, 6.45) is 4.69. The lowest BCUT2D eigenvalue weighted by Gasteiger charge is -2.08. The largest absolute Gasteiger partial charge is 0.353 e. The number of nitrogens with one attached hydrogen (secondary N) is 3. The number of benzene rings is 2. The van der Waals surface area contributed by atoms with Crippen LogP contribution in [0.1, 0.15) is 19.4 Å². The predicted molar refractivity (Wildman–Crippen MR) is 167 cm³/mol. The zero-order valence-corrected chi connectivity index (χ0v) is 24.6. The lowest BCUT2D eigenvalue weighted by Crippen LogP contribution is -2.17. The number of carbonyl (C=O) groups excluding carboxylic acids is 1. The molecule has 0 atom stereocenters. The molecule has 3 N–H and O–H groups in total. The molecule has 0 spiro atoms. The van der Waals surface area contributed by atoms with Gasteiger partial charge in [0.2, 0.25) is 5.91 Å². The molecule has 11 heteroatoms. The average Bonchev–Trinajstić information content (AvgIpc) is 3.59. The Bertz CT molecular complexity index is 2120. The third-order valence-corrected chi connectivity index (χ3v) is 8.13. The van der Waals surface area contributed by atoms with E-state index in [1.165, 1.54) is 18.4 Å². The number of H-pyrrole nitrogens is 2. The van der Waals surface area contributed by atoms with Crippen molar-refractivity contribution in [2.75, 3.05) is 17.3 Å². The summed E-state index contributed by atoms with van der Waals surface area (Å²) >= 11 is 0. The van der Waals surface area contributed by atoms with Gasteiger partial charge in [-0.15, -0.1) is 0 Å². The lowest BCUT2D eigenvalue weighted by molar-refractivity contribution is -0.118. The molecule has 0 unspecified atom stereocenters. The summed E-state index contributed by atoms with van der Waals surface area (Å²) in [5.74, 6) is -0.735. The van der Waals surface area contributed by atoms with E-state index in [4.69, 9.17) is 4.98 Å². The van der Waals surface area contributed by atoms with E-state index in [-0.39, 0.29) is 24.0 Å². The van der Waals surface area contributed by atoms with Crippen LogP contribution in [0.2, 0.25) is 0 Å². The molecule has 2 aromatic carbocycles. The van der Waals surface area contributed by atoms with Crippen LogP contribution < -0.4 is 5.32 Å². The second-order valence-electron chi connectivity index (χ2n) is 10.9. The number of hydrogen-bond donors (Lipinski definition) is 3. The summed E-state index contributed by atoms with van der Waals surface area (Å²) in [6.45, 7) is 3.65. The van der Waals surface area contributed by atoms with Crippen molar-refractivity contribution in [3.63, 3.8) is 0 Å². The van der Waals surface area contributed by atoms with E-state index in [9.17, 15) is 17.6 Å². The minimum atomic E-state index is -3.18. The minimum Gasteiger partial charge on any atom is -0.353 e. The van der Waals surface area contributed by atoms with E-state index in [1.54, 1.807) is 12.4 Å². The number of rotatable bonds is 8. The third-order valence-electron chi connectivity index (χ3n) is 7.18. The Hall–Kier alpha value is -4.90. The molecule has 4 aromatic heterocycles. The van der Waals surface area contributed by atoms with Crippen LogP contribution in [0.4, 0.5) is 10.1 Å². The fourth-order valence-corrected chi connectivity index (χ4v) is 5.58. The van der Waals surface area contributed by atoms with Crippen LogP contribution in [0, 0.1) is 11.7 Å². The lowest BCUT2D eigenvalue weighted by atomic mass is 9.98. The molecule has 0 aliphatic heterocycles. The second-order valence-corrected chi connectivity index (χ2v) is 13.2. The third kappa shape index (κ3) is 6.02. The molecule has 0 bridgehead atoms. The van der Waals surface area contributed by atoms with Crippen molar-refractivity contribution in [1.29, 1.82) is 0 Å². The van der Waals surface area contributed by atoms with Crippen molar-refractivity contribution < 1.29 is 17.6 Å². The fraction of sp³-hybridized carbons (Fsp3) is 0.188. The first-order chi connectivity index (χ1) is 20.5. The summed E-state index contributed by atoms with van der Waals surface area (Å²) in [7, 11) is -3.18. The van der Waals surface area contributed by atoms with Gasteiger partial charge in [-0.2, -0.15) is 5.10 Å². The van der Waals surface area contributed by atoms with E-state index in [0.29, 0.717) is 33.7 Å². The van der Waals surface area contributed by atoms with Crippen LogP contribution in [-0.2, 0) is 21.1 Å². The molecule has 0 aliphatic rings. The van der Waals surface area contributed by atoms with E-state index in [0.717, 1.165) is 33.2 Å². The van der Waals surface area contributed by atoms with Crippen molar-refractivity contribution in [1.82, 2.24) is 25.1 Å². The van der Waals surface area contributed by atoms with Gasteiger partial charge in [0.1, 0.15) is 26.9 Å². The smallest absolute Gasteiger partial charge is 0.226 e. The zero-order chi connectivity index (χ0) is 30.3. The number of aromatic amines is 2. The molecule has 6 aromatic rings. The Labute approximate surface area is 247 Å². The standard InChI is InChI=1S/C32H29FN6O3S/c1-18(2)32(40)35-23-14-21(16-34-17-23)26-7-8-28-30(37-26)31(39-38-28)29-15-25-24(5-4-6-27(25)36-29)20-11-19(12-22(33)13-20)9-10-43(3,41)42/h4-8,11-18,36H,9-10H2,1-3H3,(H,35,40)(H,38,39). The molecule has 6 rings (SSSR count). The van der Waals surface area contributed by atoms with Crippen molar-refractivity contribution in [3.05, 3.63) is 84.4 Å². The Morgan fingerprint density at radius 2 is 1.84 bits per heavy atom. The number of fused-ring (bicyclic) bond motifs is 2. The minimum absolute atomic E-state index is 0.0530. The monoisotopic (exact) mass is 596 g/mol. The van der Waals surface area contributed by atoms with Crippen LogP contribution >= 0.6 is 0 Å². The number of anilines is 1. The van der Waals surface area contributed by atoms with Crippen molar-refractivity contribution in [2.24, 2.45) is 5.92 Å². The predicted octanol–water partition coefficient (Wildman–Crippen LogP) is 6.16. The van der Waals surface area contributed by atoms with Gasteiger partial charge in [-0.1, -0.05) is 32.0 Å². The normalized spacial score (nSPS) is 11.9. The van der Waals surface area contributed by atoms with Gasteiger partial charge >= 0.3 is 0 Å². The quantitative estimate of drug-likeness (QED) is 0.193. The highest BCUT2D eigenvalue weighted by Crippen LogP contribution is 2.35. The van der Waals surface area contributed by atoms with E-state index < -0.39 is 15.7 Å². The molecule has 1 amide bonds. The molecule has 218 valence electrons. The highest BCUT2D eigenvalue weighted by molar-refractivity contribution is 7.90. The number of aromatic nitrogens is 5. The van der Waals surface area contributed by atoms with Crippen molar-refractivity contribution >= 4 is 43.4 Å². The number of halogens is 1. The molecule has 0 aliphatic carbocycles. The fourth-order valence-electron chi connectivity index (χ4n) is 4.97. The molecule has 0 radical (unpaired) electrons. The number of pyridine rings is 2. The van der Waals surface area contributed by atoms with E-state index in [2.05, 4.69) is 25.5 Å². The molecule has 4 heterocycles. The highest BCUT2D eigenvalue weighted by Gasteiger charge is 2.17. The first-order valence-corrected chi connectivity index (χ1v) is 15.8. The molecule has 0 saturated carbocycles. The van der Waals surface area contributed by atoms with Gasteiger partial charge < -0.3 is 10.3 Å². The molecule has 0 fully saturated rings. The number of sulfone groups is 1. The maximum atomic E-state index is 14.6. The maximum absolute atomic E-state index is 14.6. The summed E-state index contributed by atoms with van der Waals surface area (Å²) in [5, 5.41) is 11.3. The van der Waals surface area contributed by atoms with Gasteiger partial charge in [-0.25, -0.2) is 17.8 Å². The number of carbonyl (C=O) groups is 1. The van der Waals surface area contributed by atoms with Gasteiger partial charge in [-0.3, -0.25) is 14.9 Å². The average molecular weight is 597 g/mol. The van der Waals surface area contributed by atoms with E-state index in [1.807, 2.05) is 62.4 Å². The molecule has 0 saturated heterocycles. The van der Waals surface area contributed by atoms with Crippen LogP contribution in [0.15, 0.2) is 73.1 Å². The second kappa shape index (κ2) is 11.1. The van der Waals surface area contributed by atoms with Crippen molar-refractivity contribution in [3.8, 4) is 33.8 Å². The van der Waals surface area contributed by atoms with Gasteiger partial charge in [0.05, 0.1) is 34.5 Å². The van der Waals surface area contributed by atoms with Crippen molar-refractivity contribution in [2.45, 2.75) is 20.3 Å².